The van der Waals surface area contributed by atoms with Crippen molar-refractivity contribution in [3.05, 3.63) is 48.6 Å². The third-order valence-electron chi connectivity index (χ3n) is 18.5. The highest BCUT2D eigenvalue weighted by Crippen LogP contribution is 2.43. The minimum atomic E-state index is -4.39. The molecule has 0 saturated heterocycles. The summed E-state index contributed by atoms with van der Waals surface area (Å²) in [5, 5.41) is 0. The quantitative estimate of drug-likeness (QED) is 0.0264. The van der Waals surface area contributed by atoms with Crippen molar-refractivity contribution >= 4 is 19.8 Å². The molecule has 0 amide bonds. The van der Waals surface area contributed by atoms with Crippen LogP contribution in [0, 0.1) is 0 Å². The first-order valence-electron chi connectivity index (χ1n) is 40.6. The summed E-state index contributed by atoms with van der Waals surface area (Å²) in [6.45, 7) is 3.72. The van der Waals surface area contributed by atoms with E-state index in [9.17, 15) is 19.0 Å². The Morgan fingerprint density at radius 2 is 0.598 bits per heavy atom. The molecule has 0 bridgehead atoms. The van der Waals surface area contributed by atoms with E-state index < -0.39 is 26.5 Å². The highest BCUT2D eigenvalue weighted by molar-refractivity contribution is 7.47. The predicted molar refractivity (Wildman–Crippen MR) is 400 cm³/mol. The lowest BCUT2D eigenvalue weighted by Crippen LogP contribution is -2.29. The van der Waals surface area contributed by atoms with Crippen molar-refractivity contribution in [1.29, 1.82) is 0 Å². The van der Waals surface area contributed by atoms with Crippen molar-refractivity contribution < 1.29 is 37.6 Å². The fourth-order valence-electron chi connectivity index (χ4n) is 12.5. The Labute approximate surface area is 572 Å². The second-order valence-corrected chi connectivity index (χ2v) is 29.1. The Kier molecular flexibility index (Phi) is 76.3. The molecular formula is C82H156NO8P. The fourth-order valence-corrected chi connectivity index (χ4v) is 13.3. The van der Waals surface area contributed by atoms with Crippen LogP contribution in [0.1, 0.15) is 431 Å². The van der Waals surface area contributed by atoms with Crippen molar-refractivity contribution in [3.63, 3.8) is 0 Å². The van der Waals surface area contributed by atoms with E-state index in [0.717, 1.165) is 57.8 Å². The average Bonchev–Trinajstić information content (AvgIpc) is 3.54. The number of ether oxygens (including phenoxy) is 2. The van der Waals surface area contributed by atoms with Gasteiger partial charge in [-0.05, 0) is 51.4 Å². The smallest absolute Gasteiger partial charge is 0.462 e. The first-order valence-corrected chi connectivity index (χ1v) is 42.1. The van der Waals surface area contributed by atoms with Gasteiger partial charge in [0.25, 0.3) is 0 Å². The Hall–Kier alpha value is -2.03. The number of allylic oxidation sites excluding steroid dienone is 8. The largest absolute Gasteiger partial charge is 0.472 e. The molecule has 2 unspecified atom stereocenters. The van der Waals surface area contributed by atoms with Crippen molar-refractivity contribution in [1.82, 2.24) is 0 Å². The molecule has 10 heteroatoms. The molecule has 0 radical (unpaired) electrons. The number of phosphoric ester groups is 1. The zero-order valence-corrected chi connectivity index (χ0v) is 62.2. The first-order chi connectivity index (χ1) is 45.3. The standard InChI is InChI=1S/C82H156NO8P/c1-3-5-7-9-11-13-15-17-19-21-23-25-27-29-31-33-35-36-37-38-39-40-41-42-43-45-46-48-50-52-54-56-58-60-62-64-66-68-70-72-74-81(84)88-78-80(79-90-92(86,87)89-77-76-83)91-82(85)75-73-71-69-67-65-63-61-59-57-55-53-51-49-47-44-34-32-30-28-26-24-22-20-18-16-14-12-10-8-6-4-2/h6,8,12,14,18,20,24,26,80H,3-5,7,9-11,13,15-17,19,21-23,25,27-79,83H2,1-2H3,(H,86,87)/b8-6-,14-12-,20-18-,26-24-. The van der Waals surface area contributed by atoms with Crippen LogP contribution in [0.5, 0.6) is 0 Å². The van der Waals surface area contributed by atoms with E-state index in [4.69, 9.17) is 24.3 Å². The van der Waals surface area contributed by atoms with E-state index in [0.29, 0.717) is 6.42 Å². The van der Waals surface area contributed by atoms with Crippen LogP contribution in [0.2, 0.25) is 0 Å². The van der Waals surface area contributed by atoms with Crippen LogP contribution < -0.4 is 5.73 Å². The van der Waals surface area contributed by atoms with E-state index >= 15 is 0 Å². The Morgan fingerprint density at radius 1 is 0.337 bits per heavy atom. The van der Waals surface area contributed by atoms with Gasteiger partial charge < -0.3 is 20.1 Å². The Balaban J connectivity index is 3.72. The molecule has 0 saturated carbocycles. The van der Waals surface area contributed by atoms with Crippen molar-refractivity contribution in [2.75, 3.05) is 26.4 Å². The predicted octanol–water partition coefficient (Wildman–Crippen LogP) is 27.2. The molecule has 0 aliphatic heterocycles. The number of esters is 2. The maximum atomic E-state index is 12.8. The zero-order valence-electron chi connectivity index (χ0n) is 61.3. The summed E-state index contributed by atoms with van der Waals surface area (Å²) >= 11 is 0. The third kappa shape index (κ3) is 77.0. The van der Waals surface area contributed by atoms with Crippen LogP contribution >= 0.6 is 7.82 Å². The van der Waals surface area contributed by atoms with Crippen LogP contribution in [0.15, 0.2) is 48.6 Å². The third-order valence-corrected chi connectivity index (χ3v) is 19.5. The monoisotopic (exact) mass is 1310 g/mol. The van der Waals surface area contributed by atoms with Crippen molar-refractivity contribution in [3.8, 4) is 0 Å². The number of phosphoric acid groups is 1. The molecule has 9 nitrogen and oxygen atoms in total. The van der Waals surface area contributed by atoms with Gasteiger partial charge in [-0.15, -0.1) is 0 Å². The number of nitrogens with two attached hydrogens (primary N) is 1. The summed E-state index contributed by atoms with van der Waals surface area (Å²) in [7, 11) is -4.39. The van der Waals surface area contributed by atoms with Gasteiger partial charge in [-0.25, -0.2) is 4.57 Å². The lowest BCUT2D eigenvalue weighted by atomic mass is 10.0. The Bertz CT molecular complexity index is 1650. The number of hydrogen-bond donors (Lipinski definition) is 2. The van der Waals surface area contributed by atoms with Gasteiger partial charge in [0, 0.05) is 19.4 Å². The molecule has 0 rings (SSSR count). The second kappa shape index (κ2) is 78.0. The molecule has 0 aromatic rings. The molecule has 0 aromatic heterocycles. The molecule has 0 spiro atoms. The molecule has 0 fully saturated rings. The number of hydrogen-bond acceptors (Lipinski definition) is 8. The van der Waals surface area contributed by atoms with Gasteiger partial charge in [0.15, 0.2) is 6.10 Å². The summed E-state index contributed by atoms with van der Waals surface area (Å²) in [5.74, 6) is -0.803. The van der Waals surface area contributed by atoms with E-state index in [1.807, 2.05) is 0 Å². The molecule has 0 aliphatic carbocycles. The number of unbranched alkanes of at least 4 members (excludes halogenated alkanes) is 57. The number of carbonyl (C=O) groups excluding carboxylic acids is 2. The van der Waals surface area contributed by atoms with Crippen LogP contribution in [-0.4, -0.2) is 49.3 Å². The van der Waals surface area contributed by atoms with E-state index in [2.05, 4.69) is 62.5 Å². The molecule has 92 heavy (non-hydrogen) atoms. The second-order valence-electron chi connectivity index (χ2n) is 27.6. The van der Waals surface area contributed by atoms with Gasteiger partial charge in [0.2, 0.25) is 0 Å². The zero-order chi connectivity index (χ0) is 66.5. The highest BCUT2D eigenvalue weighted by atomic mass is 31.2. The number of rotatable bonds is 78. The summed E-state index contributed by atoms with van der Waals surface area (Å²) < 4.78 is 33.3. The first kappa shape index (κ1) is 90.0. The van der Waals surface area contributed by atoms with E-state index in [-0.39, 0.29) is 38.6 Å². The van der Waals surface area contributed by atoms with Gasteiger partial charge in [-0.2, -0.15) is 0 Å². The SMILES string of the molecule is CC/C=C\C/C=C\C/C=C\C/C=C\CCCCCCCCCCCCCCCCCCCCC(=O)OC(COC(=O)CCCCCCCCCCCCCCCCCCCCCCCCCCCCCCCCCCCCCCCCCC)COP(=O)(O)OCCN. The highest BCUT2D eigenvalue weighted by Gasteiger charge is 2.26. The number of carbonyl (C=O) groups is 2. The minimum absolute atomic E-state index is 0.0556. The molecule has 0 heterocycles. The normalized spacial score (nSPS) is 13.0. The molecule has 3 N–H and O–H groups in total. The molecule has 2 atom stereocenters. The van der Waals surface area contributed by atoms with Crippen molar-refractivity contribution in [2.45, 2.75) is 437 Å². The summed E-state index contributed by atoms with van der Waals surface area (Å²) in [5.41, 5.74) is 5.42. The average molecular weight is 1320 g/mol. The molecular weight excluding hydrogens is 1160 g/mol. The topological polar surface area (TPSA) is 134 Å². The van der Waals surface area contributed by atoms with Gasteiger partial charge in [-0.1, -0.05) is 416 Å². The van der Waals surface area contributed by atoms with E-state index in [1.54, 1.807) is 0 Å². The van der Waals surface area contributed by atoms with Crippen LogP contribution in [-0.2, 0) is 32.7 Å². The maximum absolute atomic E-state index is 12.8. The lowest BCUT2D eigenvalue weighted by molar-refractivity contribution is -0.161. The molecule has 0 aromatic carbocycles. The summed E-state index contributed by atoms with van der Waals surface area (Å²) in [4.78, 5) is 35.5. The van der Waals surface area contributed by atoms with Gasteiger partial charge in [-0.3, -0.25) is 18.6 Å². The van der Waals surface area contributed by atoms with Gasteiger partial charge >= 0.3 is 19.8 Å². The lowest BCUT2D eigenvalue weighted by Gasteiger charge is -2.19. The fraction of sp³-hybridized carbons (Fsp3) is 0.878. The Morgan fingerprint density at radius 3 is 0.891 bits per heavy atom. The van der Waals surface area contributed by atoms with E-state index in [1.165, 1.54) is 340 Å². The summed E-state index contributed by atoms with van der Waals surface area (Å²) in [6, 6.07) is 0. The van der Waals surface area contributed by atoms with Crippen LogP contribution in [0.4, 0.5) is 0 Å². The molecule has 542 valence electrons. The van der Waals surface area contributed by atoms with Gasteiger partial charge in [0.1, 0.15) is 6.61 Å². The molecule has 0 aliphatic rings. The van der Waals surface area contributed by atoms with Crippen LogP contribution in [0.25, 0.3) is 0 Å². The van der Waals surface area contributed by atoms with Gasteiger partial charge in [0.05, 0.1) is 13.2 Å². The van der Waals surface area contributed by atoms with Crippen LogP contribution in [0.3, 0.4) is 0 Å². The van der Waals surface area contributed by atoms with Crippen molar-refractivity contribution in [2.24, 2.45) is 5.73 Å². The summed E-state index contributed by atoms with van der Waals surface area (Å²) in [6.07, 6.45) is 101. The minimum Gasteiger partial charge on any atom is -0.462 e. The maximum Gasteiger partial charge on any atom is 0.472 e.